The summed E-state index contributed by atoms with van der Waals surface area (Å²) in [5.74, 6) is -1.08. The minimum Gasteiger partial charge on any atom is -0.352 e. The summed E-state index contributed by atoms with van der Waals surface area (Å²) in [6.45, 7) is 2.66. The van der Waals surface area contributed by atoms with Crippen LogP contribution in [0, 0.1) is 0 Å². The zero-order valence-corrected chi connectivity index (χ0v) is 24.1. The Kier molecular flexibility index (Phi) is 10.2. The highest BCUT2D eigenvalue weighted by Gasteiger charge is 2.33. The Morgan fingerprint density at radius 1 is 1.05 bits per heavy atom. The normalized spacial score (nSPS) is 14.7. The molecule has 206 valence electrons. The largest absolute Gasteiger partial charge is 0.352 e. The third-order valence-corrected chi connectivity index (χ3v) is 8.52. The molecule has 0 bridgehead atoms. The number of hydrogen-bond donors (Lipinski definition) is 1. The van der Waals surface area contributed by atoms with Crippen LogP contribution in [0.1, 0.15) is 61.9 Å². The van der Waals surface area contributed by atoms with Gasteiger partial charge in [0.1, 0.15) is 12.6 Å². The van der Waals surface area contributed by atoms with Crippen LogP contribution in [0.2, 0.25) is 10.0 Å². The van der Waals surface area contributed by atoms with Gasteiger partial charge in [0.05, 0.1) is 22.0 Å². The molecular weight excluding hydrogens is 549 g/mol. The first-order chi connectivity index (χ1) is 17.9. The second-order valence-electron chi connectivity index (χ2n) is 9.56. The number of nitrogens with zero attached hydrogens (tertiary/aromatic N) is 2. The van der Waals surface area contributed by atoms with Crippen LogP contribution in [0.15, 0.2) is 42.5 Å². The minimum atomic E-state index is -3.91. The quantitative estimate of drug-likeness (QED) is 0.383. The summed E-state index contributed by atoms with van der Waals surface area (Å²) < 4.78 is 26.5. The van der Waals surface area contributed by atoms with Crippen LogP contribution in [0.5, 0.6) is 0 Å². The summed E-state index contributed by atoms with van der Waals surface area (Å²) in [5, 5.41) is 3.72. The molecule has 38 heavy (non-hydrogen) atoms. The van der Waals surface area contributed by atoms with Crippen molar-refractivity contribution in [1.82, 2.24) is 10.2 Å². The van der Waals surface area contributed by atoms with Crippen molar-refractivity contribution in [2.75, 3.05) is 17.1 Å². The first kappa shape index (κ1) is 29.9. The van der Waals surface area contributed by atoms with Gasteiger partial charge in [0.15, 0.2) is 5.78 Å². The van der Waals surface area contributed by atoms with Crippen LogP contribution in [0.25, 0.3) is 0 Å². The minimum absolute atomic E-state index is 0.0252. The molecule has 0 aliphatic heterocycles. The standard InChI is InChI=1S/C27H33Cl2N3O5S/c1-4-25(27(35)30-21-9-5-6-10-21)31(16-19-12-13-23(28)24(29)14-19)26(34)17-32(38(3,36)37)22-11-7-8-20(15-22)18(2)33/h7-8,11-15,21,25H,4-6,9-10,16-17H2,1-3H3,(H,30,35)/t25-/m0/s1. The van der Waals surface area contributed by atoms with Crippen LogP contribution in [0.3, 0.4) is 0 Å². The zero-order chi connectivity index (χ0) is 28.0. The van der Waals surface area contributed by atoms with Crippen molar-refractivity contribution in [2.24, 2.45) is 0 Å². The lowest BCUT2D eigenvalue weighted by atomic mass is 10.1. The number of amides is 2. The fraction of sp³-hybridized carbons (Fsp3) is 0.444. The van der Waals surface area contributed by atoms with E-state index in [-0.39, 0.29) is 30.0 Å². The predicted molar refractivity (Wildman–Crippen MR) is 150 cm³/mol. The topological polar surface area (TPSA) is 104 Å². The summed E-state index contributed by atoms with van der Waals surface area (Å²) >= 11 is 12.3. The van der Waals surface area contributed by atoms with Crippen LogP contribution < -0.4 is 9.62 Å². The molecule has 0 heterocycles. The number of halogens is 2. The molecule has 2 amide bonds. The van der Waals surface area contributed by atoms with E-state index in [0.29, 0.717) is 27.6 Å². The van der Waals surface area contributed by atoms with E-state index in [1.165, 1.54) is 24.0 Å². The highest BCUT2D eigenvalue weighted by molar-refractivity contribution is 7.92. The molecule has 1 fully saturated rings. The fourth-order valence-corrected chi connectivity index (χ4v) is 5.78. The molecule has 1 atom stereocenters. The SMILES string of the molecule is CC[C@@H](C(=O)NC1CCCC1)N(Cc1ccc(Cl)c(Cl)c1)C(=O)CN(c1cccc(C(C)=O)c1)S(C)(=O)=O. The van der Waals surface area contributed by atoms with E-state index in [4.69, 9.17) is 23.2 Å². The van der Waals surface area contributed by atoms with E-state index < -0.39 is 28.5 Å². The number of nitrogens with one attached hydrogen (secondary N) is 1. The van der Waals surface area contributed by atoms with Crippen molar-refractivity contribution in [1.29, 1.82) is 0 Å². The Morgan fingerprint density at radius 3 is 2.32 bits per heavy atom. The maximum atomic E-state index is 13.8. The Bertz CT molecular complexity index is 1300. The third kappa shape index (κ3) is 7.71. The van der Waals surface area contributed by atoms with Gasteiger partial charge in [-0.15, -0.1) is 0 Å². The highest BCUT2D eigenvalue weighted by atomic mass is 35.5. The van der Waals surface area contributed by atoms with Gasteiger partial charge in [0, 0.05) is 18.2 Å². The maximum Gasteiger partial charge on any atom is 0.244 e. The second-order valence-corrected chi connectivity index (χ2v) is 12.3. The Balaban J connectivity index is 1.96. The summed E-state index contributed by atoms with van der Waals surface area (Å²) in [7, 11) is -3.91. The lowest BCUT2D eigenvalue weighted by Crippen LogP contribution is -2.53. The first-order valence-electron chi connectivity index (χ1n) is 12.5. The lowest BCUT2D eigenvalue weighted by Gasteiger charge is -2.33. The average Bonchev–Trinajstić information content (AvgIpc) is 3.36. The molecule has 8 nitrogen and oxygen atoms in total. The van der Waals surface area contributed by atoms with Gasteiger partial charge in [-0.25, -0.2) is 8.42 Å². The fourth-order valence-electron chi connectivity index (χ4n) is 4.62. The molecule has 1 aliphatic carbocycles. The van der Waals surface area contributed by atoms with Gasteiger partial charge in [-0.2, -0.15) is 0 Å². The number of anilines is 1. The number of Topliss-reactive ketones (excluding diaryl/α,β-unsaturated/α-hetero) is 1. The van der Waals surface area contributed by atoms with Crippen molar-refractivity contribution in [3.05, 3.63) is 63.6 Å². The number of rotatable bonds is 11. The Hall–Kier alpha value is -2.62. The number of carbonyl (C=O) groups excluding carboxylic acids is 3. The molecule has 0 saturated heterocycles. The summed E-state index contributed by atoms with van der Waals surface area (Å²) in [6.07, 6.45) is 5.17. The van der Waals surface area contributed by atoms with E-state index in [0.717, 1.165) is 36.2 Å². The maximum absolute atomic E-state index is 13.8. The Labute approximate surface area is 234 Å². The number of ketones is 1. The number of sulfonamides is 1. The number of hydrogen-bond acceptors (Lipinski definition) is 5. The molecule has 2 aromatic carbocycles. The van der Waals surface area contributed by atoms with Gasteiger partial charge < -0.3 is 10.2 Å². The number of carbonyl (C=O) groups is 3. The first-order valence-corrected chi connectivity index (χ1v) is 15.1. The lowest BCUT2D eigenvalue weighted by molar-refractivity contribution is -0.140. The molecule has 0 aromatic heterocycles. The molecular formula is C27H33Cl2N3O5S. The molecule has 1 saturated carbocycles. The van der Waals surface area contributed by atoms with Crippen LogP contribution in [-0.2, 0) is 26.2 Å². The van der Waals surface area contributed by atoms with Crippen molar-refractivity contribution in [3.63, 3.8) is 0 Å². The second kappa shape index (κ2) is 13.0. The van der Waals surface area contributed by atoms with E-state index in [1.54, 1.807) is 37.3 Å². The zero-order valence-electron chi connectivity index (χ0n) is 21.7. The third-order valence-electron chi connectivity index (χ3n) is 6.64. The Morgan fingerprint density at radius 2 is 1.74 bits per heavy atom. The van der Waals surface area contributed by atoms with Gasteiger partial charge in [-0.1, -0.05) is 61.2 Å². The van der Waals surface area contributed by atoms with Gasteiger partial charge in [-0.3, -0.25) is 18.7 Å². The number of benzene rings is 2. The highest BCUT2D eigenvalue weighted by Crippen LogP contribution is 2.26. The van der Waals surface area contributed by atoms with Gasteiger partial charge in [0.2, 0.25) is 21.8 Å². The van der Waals surface area contributed by atoms with Crippen LogP contribution in [-0.4, -0.2) is 55.8 Å². The predicted octanol–water partition coefficient (Wildman–Crippen LogP) is 4.83. The van der Waals surface area contributed by atoms with E-state index in [2.05, 4.69) is 5.32 Å². The van der Waals surface area contributed by atoms with E-state index >= 15 is 0 Å². The van der Waals surface area contributed by atoms with Crippen molar-refractivity contribution in [2.45, 2.75) is 64.6 Å². The van der Waals surface area contributed by atoms with Crippen LogP contribution >= 0.6 is 23.2 Å². The van der Waals surface area contributed by atoms with Crippen molar-refractivity contribution < 1.29 is 22.8 Å². The molecule has 1 N–H and O–H groups in total. The van der Waals surface area contributed by atoms with Crippen molar-refractivity contribution in [3.8, 4) is 0 Å². The molecule has 11 heteroatoms. The summed E-state index contributed by atoms with van der Waals surface area (Å²) in [5.41, 5.74) is 1.15. The molecule has 3 rings (SSSR count). The molecule has 1 aliphatic rings. The summed E-state index contributed by atoms with van der Waals surface area (Å²) in [4.78, 5) is 40.4. The van der Waals surface area contributed by atoms with Crippen molar-refractivity contribution >= 4 is 56.5 Å². The van der Waals surface area contributed by atoms with E-state index in [9.17, 15) is 22.8 Å². The smallest absolute Gasteiger partial charge is 0.244 e. The van der Waals surface area contributed by atoms with Crippen LogP contribution in [0.4, 0.5) is 5.69 Å². The van der Waals surface area contributed by atoms with Gasteiger partial charge in [-0.05, 0) is 56.0 Å². The molecule has 0 spiro atoms. The monoisotopic (exact) mass is 581 g/mol. The van der Waals surface area contributed by atoms with Gasteiger partial charge in [0.25, 0.3) is 0 Å². The molecule has 2 aromatic rings. The average molecular weight is 583 g/mol. The van der Waals surface area contributed by atoms with Gasteiger partial charge >= 0.3 is 0 Å². The molecule has 0 radical (unpaired) electrons. The molecule has 0 unspecified atom stereocenters. The summed E-state index contributed by atoms with van der Waals surface area (Å²) in [6, 6.07) is 10.3. The van der Waals surface area contributed by atoms with E-state index in [1.807, 2.05) is 0 Å².